The summed E-state index contributed by atoms with van der Waals surface area (Å²) < 4.78 is 2.79. The zero-order chi connectivity index (χ0) is 4.83. The monoisotopic (exact) mass is 249 g/mol. The van der Waals surface area contributed by atoms with Crippen molar-refractivity contribution >= 4 is 0 Å². The van der Waals surface area contributed by atoms with Crippen LogP contribution in [0.3, 0.4) is 0 Å². The van der Waals surface area contributed by atoms with E-state index in [2.05, 4.69) is 16.0 Å². The van der Waals surface area contributed by atoms with Crippen LogP contribution in [0.15, 0.2) is 0 Å². The van der Waals surface area contributed by atoms with Gasteiger partial charge in [0.15, 0.2) is 0 Å². The summed E-state index contributed by atoms with van der Waals surface area (Å²) in [7, 11) is 0. The van der Waals surface area contributed by atoms with E-state index in [1.54, 1.807) is 0 Å². The van der Waals surface area contributed by atoms with Gasteiger partial charge in [0.1, 0.15) is 0 Å². The molecule has 31 valence electrons. The maximum atomic E-state index is 2.86. The summed E-state index contributed by atoms with van der Waals surface area (Å²) in [6.07, 6.45) is 0.945. The third-order valence-corrected chi connectivity index (χ3v) is 0.683. The SMILES string of the molecule is CCC#C[C]#[W]. The third-order valence-electron chi connectivity index (χ3n) is 0.316. The summed E-state index contributed by atoms with van der Waals surface area (Å²) in [6.45, 7) is 2.03. The van der Waals surface area contributed by atoms with Crippen LogP contribution in [0.2, 0.25) is 0 Å². The van der Waals surface area contributed by atoms with Gasteiger partial charge in [0.2, 0.25) is 0 Å². The van der Waals surface area contributed by atoms with Crippen LogP contribution in [0.1, 0.15) is 13.3 Å². The molecule has 0 heterocycles. The van der Waals surface area contributed by atoms with Crippen LogP contribution in [0.4, 0.5) is 0 Å². The van der Waals surface area contributed by atoms with Crippen molar-refractivity contribution in [2.45, 2.75) is 13.3 Å². The van der Waals surface area contributed by atoms with E-state index < -0.39 is 0 Å². The summed E-state index contributed by atoms with van der Waals surface area (Å²) >= 11 is 1.31. The molecular weight excluding hydrogens is 244 g/mol. The Bertz CT molecular complexity index is 108. The van der Waals surface area contributed by atoms with Crippen LogP contribution in [0, 0.1) is 16.0 Å². The van der Waals surface area contributed by atoms with Crippen molar-refractivity contribution in [3.63, 3.8) is 0 Å². The van der Waals surface area contributed by atoms with Crippen molar-refractivity contribution < 1.29 is 19.2 Å². The van der Waals surface area contributed by atoms with Gasteiger partial charge in [-0.05, 0) is 0 Å². The van der Waals surface area contributed by atoms with Gasteiger partial charge in [0, 0.05) is 0 Å². The Kier molecular flexibility index (Phi) is 5.05. The van der Waals surface area contributed by atoms with E-state index in [-0.39, 0.29) is 0 Å². The molecule has 0 aromatic carbocycles. The Morgan fingerprint density at radius 1 is 1.67 bits per heavy atom. The molecule has 0 atom stereocenters. The first-order chi connectivity index (χ1) is 2.91. The van der Waals surface area contributed by atoms with Crippen molar-refractivity contribution in [3.05, 3.63) is 0 Å². The summed E-state index contributed by atoms with van der Waals surface area (Å²) in [5, 5.41) is 0. The number of rotatable bonds is 0. The molecule has 0 amide bonds. The summed E-state index contributed by atoms with van der Waals surface area (Å²) in [5.74, 6) is 5.59. The standard InChI is InChI=1S/C5H5.W/c1-3-5-4-2;/h3H2,1H3;. The fourth-order valence-corrected chi connectivity index (χ4v) is 0.384. The summed E-state index contributed by atoms with van der Waals surface area (Å²) in [5.41, 5.74) is 0. The molecule has 0 nitrogen and oxygen atoms in total. The maximum absolute atomic E-state index is 2.86. The average molecular weight is 249 g/mol. The first kappa shape index (κ1) is 6.03. The Balaban J connectivity index is 3.22. The van der Waals surface area contributed by atoms with Crippen LogP contribution < -0.4 is 0 Å². The zero-order valence-electron chi connectivity index (χ0n) is 3.62. The van der Waals surface area contributed by atoms with E-state index in [0.717, 1.165) is 6.42 Å². The van der Waals surface area contributed by atoms with Crippen molar-refractivity contribution in [1.29, 1.82) is 0 Å². The minimum atomic E-state index is 0.945. The topological polar surface area (TPSA) is 0 Å². The first-order valence-electron chi connectivity index (χ1n) is 1.76. The van der Waals surface area contributed by atoms with Gasteiger partial charge in [0.05, 0.1) is 0 Å². The van der Waals surface area contributed by atoms with E-state index in [9.17, 15) is 0 Å². The molecule has 0 rings (SSSR count). The third kappa shape index (κ3) is 4.03. The van der Waals surface area contributed by atoms with Gasteiger partial charge < -0.3 is 0 Å². The van der Waals surface area contributed by atoms with Crippen LogP contribution >= 0.6 is 0 Å². The van der Waals surface area contributed by atoms with E-state index in [4.69, 9.17) is 0 Å². The molecule has 0 bridgehead atoms. The van der Waals surface area contributed by atoms with Crippen LogP contribution in [0.5, 0.6) is 0 Å². The summed E-state index contributed by atoms with van der Waals surface area (Å²) in [4.78, 5) is 0. The Labute approximate surface area is 49.0 Å². The fraction of sp³-hybridized carbons (Fsp3) is 0.400. The van der Waals surface area contributed by atoms with Crippen LogP contribution in [-0.4, -0.2) is 0 Å². The van der Waals surface area contributed by atoms with Gasteiger partial charge in [-0.3, -0.25) is 0 Å². The first-order valence-corrected chi connectivity index (χ1v) is 3.23. The molecule has 1 heteroatoms. The molecule has 0 saturated carbocycles. The fourth-order valence-electron chi connectivity index (χ4n) is 0.124. The number of hydrogen-bond acceptors (Lipinski definition) is 0. The molecular formula is C5H5W. The van der Waals surface area contributed by atoms with Crippen molar-refractivity contribution in [2.75, 3.05) is 0 Å². The van der Waals surface area contributed by atoms with Gasteiger partial charge in [-0.2, -0.15) is 0 Å². The Morgan fingerprint density at radius 3 is 2.50 bits per heavy atom. The van der Waals surface area contributed by atoms with Gasteiger partial charge in [-0.1, -0.05) is 0 Å². The summed E-state index contributed by atoms with van der Waals surface area (Å²) in [6, 6.07) is 0. The molecule has 0 unspecified atom stereocenters. The predicted octanol–water partition coefficient (Wildman–Crippen LogP) is 0.906. The predicted molar refractivity (Wildman–Crippen MR) is 22.0 cm³/mol. The van der Waals surface area contributed by atoms with Crippen molar-refractivity contribution in [3.8, 4) is 16.0 Å². The number of hydrogen-bond donors (Lipinski definition) is 0. The second-order valence-electron chi connectivity index (χ2n) is 0.757. The molecule has 0 N–H and O–H groups in total. The van der Waals surface area contributed by atoms with Gasteiger partial charge in [-0.15, -0.1) is 0 Å². The molecule has 0 aromatic heterocycles. The normalized spacial score (nSPS) is 4.67. The quantitative estimate of drug-likeness (QED) is 0.559. The molecule has 6 heavy (non-hydrogen) atoms. The minimum absolute atomic E-state index is 0.945. The van der Waals surface area contributed by atoms with E-state index in [1.807, 2.05) is 6.92 Å². The second-order valence-corrected chi connectivity index (χ2v) is 1.49. The molecule has 0 aliphatic rings. The molecule has 0 aromatic rings. The molecule has 0 radical (unpaired) electrons. The Morgan fingerprint density at radius 2 is 2.33 bits per heavy atom. The van der Waals surface area contributed by atoms with Gasteiger partial charge in [0.25, 0.3) is 0 Å². The second kappa shape index (κ2) is 5.03. The molecule has 0 spiro atoms. The average Bonchev–Trinajstić information content (AvgIpc) is 1.61. The van der Waals surface area contributed by atoms with E-state index in [0.29, 0.717) is 0 Å². The molecule has 0 saturated heterocycles. The van der Waals surface area contributed by atoms with Crippen LogP contribution in [-0.2, 0) is 19.2 Å². The van der Waals surface area contributed by atoms with E-state index in [1.165, 1.54) is 19.2 Å². The zero-order valence-corrected chi connectivity index (χ0v) is 6.55. The van der Waals surface area contributed by atoms with Gasteiger partial charge >= 0.3 is 48.5 Å². The molecule has 0 aliphatic heterocycles. The Hall–Kier alpha value is 0.0283. The molecule has 0 fully saturated rings. The van der Waals surface area contributed by atoms with Crippen molar-refractivity contribution in [2.24, 2.45) is 0 Å². The van der Waals surface area contributed by atoms with Gasteiger partial charge in [-0.25, -0.2) is 0 Å². The van der Waals surface area contributed by atoms with E-state index >= 15 is 0 Å². The van der Waals surface area contributed by atoms with Crippen molar-refractivity contribution in [1.82, 2.24) is 0 Å². The molecule has 0 aliphatic carbocycles. The van der Waals surface area contributed by atoms with Crippen LogP contribution in [0.25, 0.3) is 0 Å².